The third-order valence-electron chi connectivity index (χ3n) is 3.68. The van der Waals surface area contributed by atoms with E-state index in [-0.39, 0.29) is 0 Å². The highest BCUT2D eigenvalue weighted by atomic mass is 32.1. The van der Waals surface area contributed by atoms with E-state index >= 15 is 0 Å². The summed E-state index contributed by atoms with van der Waals surface area (Å²) in [5.41, 5.74) is 3.26. The fraction of sp³-hybridized carbons (Fsp3) is 0.167. The number of aromatic nitrogens is 3. The highest BCUT2D eigenvalue weighted by molar-refractivity contribution is 7.80. The molecule has 2 N–H and O–H groups in total. The first-order valence-electron chi connectivity index (χ1n) is 7.80. The molecule has 3 rings (SSSR count). The number of rotatable bonds is 5. The van der Waals surface area contributed by atoms with Crippen molar-refractivity contribution in [1.82, 2.24) is 14.8 Å². The number of hydrogen-bond acceptors (Lipinski definition) is 4. The van der Waals surface area contributed by atoms with Crippen molar-refractivity contribution in [1.29, 1.82) is 0 Å². The monoisotopic (exact) mass is 353 g/mol. The second-order valence-electron chi connectivity index (χ2n) is 5.50. The molecule has 0 unspecified atom stereocenters. The van der Waals surface area contributed by atoms with Crippen LogP contribution in [0.4, 0.5) is 11.6 Å². The van der Waals surface area contributed by atoms with Gasteiger partial charge in [0.2, 0.25) is 5.95 Å². The lowest BCUT2D eigenvalue weighted by Gasteiger charge is -2.09. The molecule has 1 aromatic heterocycles. The number of ether oxygens (including phenoxy) is 1. The van der Waals surface area contributed by atoms with Crippen LogP contribution in [-0.2, 0) is 6.54 Å². The largest absolute Gasteiger partial charge is 0.497 e. The van der Waals surface area contributed by atoms with Crippen LogP contribution >= 0.6 is 12.2 Å². The summed E-state index contributed by atoms with van der Waals surface area (Å²) in [4.78, 5) is 4.25. The summed E-state index contributed by atoms with van der Waals surface area (Å²) in [6.07, 6.45) is 1.68. The Morgan fingerprint density at radius 3 is 2.80 bits per heavy atom. The Balaban J connectivity index is 1.61. The third kappa shape index (κ3) is 4.54. The molecule has 7 heteroatoms. The van der Waals surface area contributed by atoms with E-state index < -0.39 is 0 Å². The second kappa shape index (κ2) is 7.76. The van der Waals surface area contributed by atoms with Gasteiger partial charge in [-0.25, -0.2) is 9.67 Å². The van der Waals surface area contributed by atoms with Gasteiger partial charge < -0.3 is 10.1 Å². The van der Waals surface area contributed by atoms with Gasteiger partial charge in [-0.15, -0.1) is 5.10 Å². The van der Waals surface area contributed by atoms with E-state index in [0.29, 0.717) is 17.6 Å². The standard InChI is InChI=1S/C18H19N5OS/c1-13-6-3-4-7-14(13)11-23-12-19-17(22-23)21-18(25)20-15-8-5-9-16(10-15)24-2/h3-10,12H,11H2,1-2H3,(H2,20,21,22,25). The van der Waals surface area contributed by atoms with Crippen LogP contribution in [0, 0.1) is 6.92 Å². The lowest BCUT2D eigenvalue weighted by Crippen LogP contribution is -2.20. The summed E-state index contributed by atoms with van der Waals surface area (Å²) < 4.78 is 6.97. The van der Waals surface area contributed by atoms with Crippen LogP contribution in [0.2, 0.25) is 0 Å². The molecular formula is C18H19N5OS. The first-order chi connectivity index (χ1) is 12.1. The van der Waals surface area contributed by atoms with Gasteiger partial charge >= 0.3 is 0 Å². The molecule has 0 amide bonds. The predicted octanol–water partition coefficient (Wildman–Crippen LogP) is 3.45. The van der Waals surface area contributed by atoms with E-state index in [4.69, 9.17) is 17.0 Å². The summed E-state index contributed by atoms with van der Waals surface area (Å²) in [6.45, 7) is 2.75. The maximum absolute atomic E-state index is 5.31. The van der Waals surface area contributed by atoms with Gasteiger partial charge in [0.25, 0.3) is 0 Å². The van der Waals surface area contributed by atoms with Crippen molar-refractivity contribution in [3.8, 4) is 5.75 Å². The first-order valence-corrected chi connectivity index (χ1v) is 8.21. The van der Waals surface area contributed by atoms with Crippen LogP contribution in [0.5, 0.6) is 5.75 Å². The van der Waals surface area contributed by atoms with Crippen molar-refractivity contribution in [2.75, 3.05) is 17.7 Å². The Hall–Kier alpha value is -2.93. The molecule has 0 aliphatic rings. The van der Waals surface area contributed by atoms with Crippen molar-refractivity contribution in [3.05, 3.63) is 66.0 Å². The van der Waals surface area contributed by atoms with Gasteiger partial charge in [0.05, 0.1) is 13.7 Å². The molecule has 0 spiro atoms. The fourth-order valence-corrected chi connectivity index (χ4v) is 2.56. The SMILES string of the molecule is COc1cccc(NC(=S)Nc2ncn(Cc3ccccc3C)n2)c1. The number of nitrogens with one attached hydrogen (secondary N) is 2. The molecule has 0 fully saturated rings. The predicted molar refractivity (Wildman–Crippen MR) is 103 cm³/mol. The van der Waals surface area contributed by atoms with Crippen molar-refractivity contribution in [2.24, 2.45) is 0 Å². The zero-order valence-corrected chi connectivity index (χ0v) is 14.9. The maximum Gasteiger partial charge on any atom is 0.248 e. The van der Waals surface area contributed by atoms with Gasteiger partial charge in [0.15, 0.2) is 5.11 Å². The van der Waals surface area contributed by atoms with E-state index in [1.54, 1.807) is 18.1 Å². The Labute approximate surface area is 151 Å². The third-order valence-corrected chi connectivity index (χ3v) is 3.89. The van der Waals surface area contributed by atoms with Gasteiger partial charge in [-0.2, -0.15) is 0 Å². The molecule has 6 nitrogen and oxygen atoms in total. The lowest BCUT2D eigenvalue weighted by atomic mass is 10.1. The number of thiocarbonyl (C=S) groups is 1. The molecule has 128 valence electrons. The van der Waals surface area contributed by atoms with Crippen molar-refractivity contribution >= 4 is 29.0 Å². The summed E-state index contributed by atoms with van der Waals surface area (Å²) in [5, 5.41) is 10.9. The molecular weight excluding hydrogens is 334 g/mol. The van der Waals surface area contributed by atoms with Crippen molar-refractivity contribution < 1.29 is 4.74 Å². The highest BCUT2D eigenvalue weighted by Gasteiger charge is 2.06. The number of nitrogens with zero attached hydrogens (tertiary/aromatic N) is 3. The lowest BCUT2D eigenvalue weighted by molar-refractivity contribution is 0.415. The minimum Gasteiger partial charge on any atom is -0.497 e. The van der Waals surface area contributed by atoms with Crippen molar-refractivity contribution in [3.63, 3.8) is 0 Å². The summed E-state index contributed by atoms with van der Waals surface area (Å²) >= 11 is 5.31. The van der Waals surface area contributed by atoms with Crippen LogP contribution in [0.3, 0.4) is 0 Å². The molecule has 25 heavy (non-hydrogen) atoms. The smallest absolute Gasteiger partial charge is 0.248 e. The molecule has 0 atom stereocenters. The van der Waals surface area contributed by atoms with Crippen molar-refractivity contribution in [2.45, 2.75) is 13.5 Å². The average Bonchev–Trinajstić information content (AvgIpc) is 3.04. The summed E-state index contributed by atoms with van der Waals surface area (Å²) in [5.74, 6) is 1.21. The molecule has 0 radical (unpaired) electrons. The van der Waals surface area contributed by atoms with Gasteiger partial charge in [0.1, 0.15) is 12.1 Å². The molecule has 0 aliphatic carbocycles. The Kier molecular flexibility index (Phi) is 5.25. The van der Waals surface area contributed by atoms with E-state index in [0.717, 1.165) is 11.4 Å². The van der Waals surface area contributed by atoms with Crippen LogP contribution in [0.1, 0.15) is 11.1 Å². The molecule has 1 heterocycles. The molecule has 0 aliphatic heterocycles. The second-order valence-corrected chi connectivity index (χ2v) is 5.91. The topological polar surface area (TPSA) is 64.0 Å². The minimum atomic E-state index is 0.418. The van der Waals surface area contributed by atoms with Gasteiger partial charge in [-0.3, -0.25) is 5.32 Å². The fourth-order valence-electron chi connectivity index (χ4n) is 2.35. The summed E-state index contributed by atoms with van der Waals surface area (Å²) in [7, 11) is 1.63. The van der Waals surface area contributed by atoms with Gasteiger partial charge in [-0.1, -0.05) is 30.3 Å². The van der Waals surface area contributed by atoms with E-state index in [9.17, 15) is 0 Å². The highest BCUT2D eigenvalue weighted by Crippen LogP contribution is 2.17. The van der Waals surface area contributed by atoms with E-state index in [1.165, 1.54) is 11.1 Å². The number of hydrogen-bond donors (Lipinski definition) is 2. The van der Waals surface area contributed by atoms with Crippen LogP contribution in [0.25, 0.3) is 0 Å². The normalized spacial score (nSPS) is 10.3. The molecule has 2 aromatic carbocycles. The van der Waals surface area contributed by atoms with Crippen LogP contribution in [0.15, 0.2) is 54.9 Å². The molecule has 0 saturated heterocycles. The van der Waals surface area contributed by atoms with Gasteiger partial charge in [-0.05, 0) is 42.4 Å². The van der Waals surface area contributed by atoms with Gasteiger partial charge in [0, 0.05) is 11.8 Å². The van der Waals surface area contributed by atoms with Crippen LogP contribution in [-0.4, -0.2) is 27.0 Å². The van der Waals surface area contributed by atoms with E-state index in [2.05, 4.69) is 39.8 Å². The molecule has 0 saturated carbocycles. The zero-order chi connectivity index (χ0) is 17.6. The Bertz CT molecular complexity index is 877. The number of aryl methyl sites for hydroxylation is 1. The maximum atomic E-state index is 5.31. The number of benzene rings is 2. The quantitative estimate of drug-likeness (QED) is 0.685. The van der Waals surface area contributed by atoms with Crippen LogP contribution < -0.4 is 15.4 Å². The minimum absolute atomic E-state index is 0.418. The summed E-state index contributed by atoms with van der Waals surface area (Å²) in [6, 6.07) is 15.7. The number of methoxy groups -OCH3 is 1. The Morgan fingerprint density at radius 1 is 1.16 bits per heavy atom. The number of anilines is 2. The Morgan fingerprint density at radius 2 is 2.00 bits per heavy atom. The van der Waals surface area contributed by atoms with E-state index in [1.807, 2.05) is 36.4 Å². The first kappa shape index (κ1) is 16.9. The average molecular weight is 353 g/mol. The zero-order valence-electron chi connectivity index (χ0n) is 14.1. The molecule has 3 aromatic rings. The molecule has 0 bridgehead atoms.